The lowest BCUT2D eigenvalue weighted by molar-refractivity contribution is 0.0963. The number of nitrogens with one attached hydrogen (secondary N) is 3. The molecular formula is C20H29N5O2. The molecule has 0 radical (unpaired) electrons. The summed E-state index contributed by atoms with van der Waals surface area (Å²) in [5, 5.41) is 9.29. The molecule has 2 aromatic rings. The van der Waals surface area contributed by atoms with Crippen molar-refractivity contribution in [3.63, 3.8) is 0 Å². The largest absolute Gasteiger partial charge is 0.468 e. The molecule has 1 heterocycles. The van der Waals surface area contributed by atoms with Gasteiger partial charge in [0, 0.05) is 32.7 Å². The average molecular weight is 371 g/mol. The molecule has 0 saturated carbocycles. The van der Waals surface area contributed by atoms with Crippen LogP contribution < -0.4 is 16.0 Å². The highest BCUT2D eigenvalue weighted by Crippen LogP contribution is 2.17. The third kappa shape index (κ3) is 6.14. The van der Waals surface area contributed by atoms with Crippen LogP contribution in [0.15, 0.2) is 52.1 Å². The van der Waals surface area contributed by atoms with Gasteiger partial charge in [0.25, 0.3) is 5.91 Å². The summed E-state index contributed by atoms with van der Waals surface area (Å²) in [5.41, 5.74) is 1.77. The third-order valence-corrected chi connectivity index (χ3v) is 4.30. The van der Waals surface area contributed by atoms with Crippen LogP contribution in [0.4, 0.5) is 0 Å². The van der Waals surface area contributed by atoms with Crippen molar-refractivity contribution >= 4 is 11.9 Å². The Morgan fingerprint density at radius 3 is 2.67 bits per heavy atom. The van der Waals surface area contributed by atoms with Gasteiger partial charge in [0.2, 0.25) is 0 Å². The van der Waals surface area contributed by atoms with E-state index in [2.05, 4.69) is 25.8 Å². The number of aliphatic imine (C=N–C) groups is 1. The summed E-state index contributed by atoms with van der Waals surface area (Å²) in [6.07, 6.45) is 2.48. The average Bonchev–Trinajstić information content (AvgIpc) is 3.20. The van der Waals surface area contributed by atoms with Crippen molar-refractivity contribution in [3.05, 3.63) is 59.5 Å². The summed E-state index contributed by atoms with van der Waals surface area (Å²) in [4.78, 5) is 18.1. The zero-order chi connectivity index (χ0) is 19.6. The van der Waals surface area contributed by atoms with Crippen LogP contribution in [0.25, 0.3) is 0 Å². The number of likely N-dealkylation sites (N-methyl/N-ethyl adjacent to an activating group) is 1. The number of hydrogen-bond donors (Lipinski definition) is 3. The van der Waals surface area contributed by atoms with Gasteiger partial charge in [0.1, 0.15) is 5.76 Å². The van der Waals surface area contributed by atoms with Crippen LogP contribution in [-0.4, -0.2) is 58.0 Å². The van der Waals surface area contributed by atoms with Gasteiger partial charge in [0.15, 0.2) is 5.96 Å². The number of rotatable bonds is 8. The van der Waals surface area contributed by atoms with Gasteiger partial charge in [-0.15, -0.1) is 0 Å². The van der Waals surface area contributed by atoms with E-state index in [1.54, 1.807) is 20.4 Å². The van der Waals surface area contributed by atoms with E-state index in [-0.39, 0.29) is 11.9 Å². The summed E-state index contributed by atoms with van der Waals surface area (Å²) >= 11 is 0. The second-order valence-corrected chi connectivity index (χ2v) is 6.40. The zero-order valence-corrected chi connectivity index (χ0v) is 16.5. The normalized spacial score (nSPS) is 12.7. The monoisotopic (exact) mass is 371 g/mol. The molecule has 0 fully saturated rings. The van der Waals surface area contributed by atoms with Crippen LogP contribution in [0.2, 0.25) is 0 Å². The van der Waals surface area contributed by atoms with Gasteiger partial charge in [-0.05, 0) is 50.3 Å². The quantitative estimate of drug-likeness (QED) is 0.486. The Morgan fingerprint density at radius 1 is 1.22 bits per heavy atom. The molecule has 1 aromatic heterocycles. The van der Waals surface area contributed by atoms with Crippen LogP contribution in [0.1, 0.15) is 27.7 Å². The molecule has 0 aliphatic carbocycles. The summed E-state index contributed by atoms with van der Waals surface area (Å²) in [7, 11) is 7.42. The minimum absolute atomic E-state index is 0.0741. The first-order valence-corrected chi connectivity index (χ1v) is 9.00. The Balaban J connectivity index is 1.84. The lowest BCUT2D eigenvalue weighted by Gasteiger charge is -2.23. The lowest BCUT2D eigenvalue weighted by atomic mass is 10.1. The van der Waals surface area contributed by atoms with Gasteiger partial charge < -0.3 is 20.4 Å². The molecule has 27 heavy (non-hydrogen) atoms. The van der Waals surface area contributed by atoms with Crippen molar-refractivity contribution in [3.8, 4) is 0 Å². The van der Waals surface area contributed by atoms with E-state index in [1.165, 1.54) is 0 Å². The number of guanidine groups is 1. The van der Waals surface area contributed by atoms with Crippen molar-refractivity contribution < 1.29 is 9.21 Å². The minimum Gasteiger partial charge on any atom is -0.468 e. The minimum atomic E-state index is -0.0741. The van der Waals surface area contributed by atoms with Crippen LogP contribution in [0, 0.1) is 0 Å². The van der Waals surface area contributed by atoms with E-state index in [9.17, 15) is 4.79 Å². The second kappa shape index (κ2) is 10.4. The van der Waals surface area contributed by atoms with Crippen molar-refractivity contribution in [2.75, 3.05) is 41.3 Å². The number of amides is 1. The first-order chi connectivity index (χ1) is 13.0. The summed E-state index contributed by atoms with van der Waals surface area (Å²) < 4.78 is 5.53. The summed E-state index contributed by atoms with van der Waals surface area (Å²) in [5.74, 6) is 1.57. The molecule has 7 nitrogen and oxygen atoms in total. The zero-order valence-electron chi connectivity index (χ0n) is 16.5. The maximum atomic E-state index is 11.7. The highest BCUT2D eigenvalue weighted by Gasteiger charge is 2.17. The molecule has 0 aliphatic heterocycles. The fourth-order valence-corrected chi connectivity index (χ4v) is 2.77. The fraction of sp³-hybridized carbons (Fsp3) is 0.400. The van der Waals surface area contributed by atoms with E-state index in [0.717, 1.165) is 23.7 Å². The molecule has 1 aromatic carbocycles. The molecule has 0 spiro atoms. The van der Waals surface area contributed by atoms with Crippen LogP contribution >= 0.6 is 0 Å². The SMILES string of the molecule is CN=C(NCCc1cccc(C(=O)NC)c1)NCC(c1ccco1)N(C)C. The second-order valence-electron chi connectivity index (χ2n) is 6.40. The Morgan fingerprint density at radius 2 is 2.04 bits per heavy atom. The molecule has 7 heteroatoms. The van der Waals surface area contributed by atoms with Crippen LogP contribution in [0.3, 0.4) is 0 Å². The Kier molecular flexibility index (Phi) is 7.88. The maximum Gasteiger partial charge on any atom is 0.251 e. The number of carbonyl (C=O) groups is 1. The van der Waals surface area contributed by atoms with E-state index < -0.39 is 0 Å². The van der Waals surface area contributed by atoms with Crippen molar-refractivity contribution in [1.29, 1.82) is 0 Å². The van der Waals surface area contributed by atoms with Gasteiger partial charge in [-0.3, -0.25) is 14.7 Å². The number of furan rings is 1. The smallest absolute Gasteiger partial charge is 0.251 e. The number of hydrogen-bond acceptors (Lipinski definition) is 4. The third-order valence-electron chi connectivity index (χ3n) is 4.30. The van der Waals surface area contributed by atoms with Gasteiger partial charge in [0.05, 0.1) is 12.3 Å². The molecule has 3 N–H and O–H groups in total. The predicted molar refractivity (Wildman–Crippen MR) is 108 cm³/mol. The molecule has 2 rings (SSSR count). The van der Waals surface area contributed by atoms with E-state index in [4.69, 9.17) is 4.42 Å². The van der Waals surface area contributed by atoms with Crippen molar-refractivity contribution in [2.45, 2.75) is 12.5 Å². The fourth-order valence-electron chi connectivity index (χ4n) is 2.77. The Hall–Kier alpha value is -2.80. The van der Waals surface area contributed by atoms with Gasteiger partial charge in [-0.1, -0.05) is 12.1 Å². The van der Waals surface area contributed by atoms with Gasteiger partial charge in [-0.25, -0.2) is 0 Å². The summed E-state index contributed by atoms with van der Waals surface area (Å²) in [6.45, 7) is 1.39. The van der Waals surface area contributed by atoms with Crippen molar-refractivity contribution in [1.82, 2.24) is 20.9 Å². The van der Waals surface area contributed by atoms with E-state index in [0.29, 0.717) is 18.7 Å². The van der Waals surface area contributed by atoms with Gasteiger partial charge in [-0.2, -0.15) is 0 Å². The molecule has 1 atom stereocenters. The van der Waals surface area contributed by atoms with Gasteiger partial charge >= 0.3 is 0 Å². The first kappa shape index (κ1) is 20.5. The number of benzene rings is 1. The molecule has 146 valence electrons. The number of carbonyl (C=O) groups excluding carboxylic acids is 1. The number of nitrogens with zero attached hydrogens (tertiary/aromatic N) is 2. The molecular weight excluding hydrogens is 342 g/mol. The molecule has 1 amide bonds. The predicted octanol–water partition coefficient (Wildman–Crippen LogP) is 1.65. The lowest BCUT2D eigenvalue weighted by Crippen LogP contribution is -2.42. The highest BCUT2D eigenvalue weighted by atomic mass is 16.3. The molecule has 0 aliphatic rings. The van der Waals surface area contributed by atoms with E-state index >= 15 is 0 Å². The topological polar surface area (TPSA) is 81.9 Å². The summed E-state index contributed by atoms with van der Waals surface area (Å²) in [6, 6.07) is 11.6. The van der Waals surface area contributed by atoms with Crippen molar-refractivity contribution in [2.24, 2.45) is 4.99 Å². The van der Waals surface area contributed by atoms with Crippen LogP contribution in [-0.2, 0) is 6.42 Å². The Bertz CT molecular complexity index is 741. The molecule has 1 unspecified atom stereocenters. The molecule has 0 saturated heterocycles. The standard InChI is InChI=1S/C20H29N5O2/c1-21-19(26)16-8-5-7-15(13-16)10-11-23-20(22-2)24-14-17(25(3)4)18-9-6-12-27-18/h5-9,12-13,17H,10-11,14H2,1-4H3,(H,21,26)(H2,22,23,24). The van der Waals surface area contributed by atoms with Crippen LogP contribution in [0.5, 0.6) is 0 Å². The maximum absolute atomic E-state index is 11.7. The van der Waals surface area contributed by atoms with E-state index in [1.807, 2.05) is 50.5 Å². The highest BCUT2D eigenvalue weighted by molar-refractivity contribution is 5.94. The molecule has 0 bridgehead atoms. The Labute approximate surface area is 160 Å². The first-order valence-electron chi connectivity index (χ1n) is 9.00.